The van der Waals surface area contributed by atoms with Gasteiger partial charge in [-0.1, -0.05) is 18.2 Å². The molecule has 1 aliphatic rings. The standard InChI is InChI=1S/C19H19F3N2O2/c1-12(13-7-9-17(10-8-13)26-19(20,21)22)23-15-3-2-4-16(11-15)24-18(25)14-5-6-14/h2-4,7-12,14,23H,5-6H2,1H3,(H,24,25). The van der Waals surface area contributed by atoms with E-state index in [0.29, 0.717) is 5.69 Å². The smallest absolute Gasteiger partial charge is 0.406 e. The molecule has 1 fully saturated rings. The minimum Gasteiger partial charge on any atom is -0.406 e. The molecule has 2 aromatic carbocycles. The average Bonchev–Trinajstić information content (AvgIpc) is 3.39. The van der Waals surface area contributed by atoms with Crippen molar-refractivity contribution in [1.29, 1.82) is 0 Å². The second-order valence-electron chi connectivity index (χ2n) is 6.33. The summed E-state index contributed by atoms with van der Waals surface area (Å²) in [7, 11) is 0. The predicted octanol–water partition coefficient (Wildman–Crippen LogP) is 5.11. The molecule has 4 nitrogen and oxygen atoms in total. The molecule has 1 saturated carbocycles. The number of halogens is 3. The molecule has 1 aliphatic carbocycles. The number of hydrogen-bond acceptors (Lipinski definition) is 3. The van der Waals surface area contributed by atoms with E-state index in [0.717, 1.165) is 24.1 Å². The van der Waals surface area contributed by atoms with Crippen LogP contribution in [0.1, 0.15) is 31.4 Å². The van der Waals surface area contributed by atoms with Gasteiger partial charge in [-0.2, -0.15) is 0 Å². The lowest BCUT2D eigenvalue weighted by Crippen LogP contribution is -2.17. The molecule has 0 heterocycles. The fourth-order valence-corrected chi connectivity index (χ4v) is 2.57. The lowest BCUT2D eigenvalue weighted by atomic mass is 10.1. The van der Waals surface area contributed by atoms with E-state index in [1.54, 1.807) is 12.1 Å². The van der Waals surface area contributed by atoms with Gasteiger partial charge < -0.3 is 15.4 Å². The Balaban J connectivity index is 1.62. The Labute approximate surface area is 149 Å². The fraction of sp³-hybridized carbons (Fsp3) is 0.316. The van der Waals surface area contributed by atoms with E-state index in [1.165, 1.54) is 12.1 Å². The van der Waals surface area contributed by atoms with Crippen LogP contribution >= 0.6 is 0 Å². The molecule has 1 amide bonds. The maximum atomic E-state index is 12.2. The van der Waals surface area contributed by atoms with E-state index in [4.69, 9.17) is 0 Å². The summed E-state index contributed by atoms with van der Waals surface area (Å²) in [5.41, 5.74) is 2.33. The van der Waals surface area contributed by atoms with E-state index >= 15 is 0 Å². The van der Waals surface area contributed by atoms with E-state index in [1.807, 2.05) is 31.2 Å². The van der Waals surface area contributed by atoms with Gasteiger partial charge in [0.25, 0.3) is 0 Å². The number of rotatable bonds is 6. The molecule has 1 unspecified atom stereocenters. The monoisotopic (exact) mass is 364 g/mol. The minimum atomic E-state index is -4.70. The Hall–Kier alpha value is -2.70. The van der Waals surface area contributed by atoms with Crippen molar-refractivity contribution in [2.45, 2.75) is 32.2 Å². The van der Waals surface area contributed by atoms with Crippen LogP contribution in [0.25, 0.3) is 0 Å². The summed E-state index contributed by atoms with van der Waals surface area (Å²) in [5.74, 6) is -0.0864. The highest BCUT2D eigenvalue weighted by atomic mass is 19.4. The molecule has 0 radical (unpaired) electrons. The van der Waals surface area contributed by atoms with Gasteiger partial charge in [0.1, 0.15) is 5.75 Å². The number of amides is 1. The number of alkyl halides is 3. The minimum absolute atomic E-state index is 0.0375. The zero-order chi connectivity index (χ0) is 18.7. The van der Waals surface area contributed by atoms with Crippen LogP contribution in [-0.4, -0.2) is 12.3 Å². The van der Waals surface area contributed by atoms with Crippen molar-refractivity contribution in [1.82, 2.24) is 0 Å². The summed E-state index contributed by atoms with van der Waals surface area (Å²) in [6.45, 7) is 1.90. The first-order valence-corrected chi connectivity index (χ1v) is 8.33. The first-order valence-electron chi connectivity index (χ1n) is 8.33. The van der Waals surface area contributed by atoms with Crippen LogP contribution < -0.4 is 15.4 Å². The molecule has 0 saturated heterocycles. The quantitative estimate of drug-likeness (QED) is 0.749. The molecule has 2 aromatic rings. The van der Waals surface area contributed by atoms with Gasteiger partial charge in [0.2, 0.25) is 5.91 Å². The SMILES string of the molecule is CC(Nc1cccc(NC(=O)C2CC2)c1)c1ccc(OC(F)(F)F)cc1. The molecule has 0 aromatic heterocycles. The van der Waals surface area contributed by atoms with Crippen LogP contribution in [0.15, 0.2) is 48.5 Å². The molecular weight excluding hydrogens is 345 g/mol. The second-order valence-corrected chi connectivity index (χ2v) is 6.33. The Bertz CT molecular complexity index is 771. The number of anilines is 2. The van der Waals surface area contributed by atoms with Gasteiger partial charge in [-0.3, -0.25) is 4.79 Å². The Kier molecular flexibility index (Phi) is 5.06. The molecule has 26 heavy (non-hydrogen) atoms. The summed E-state index contributed by atoms with van der Waals surface area (Å²) >= 11 is 0. The lowest BCUT2D eigenvalue weighted by molar-refractivity contribution is -0.274. The summed E-state index contributed by atoms with van der Waals surface area (Å²) in [6, 6.07) is 12.9. The molecule has 0 aliphatic heterocycles. The maximum absolute atomic E-state index is 12.2. The van der Waals surface area contributed by atoms with Crippen molar-refractivity contribution < 1.29 is 22.7 Å². The van der Waals surface area contributed by atoms with Crippen molar-refractivity contribution in [2.75, 3.05) is 10.6 Å². The highest BCUT2D eigenvalue weighted by Gasteiger charge is 2.31. The van der Waals surface area contributed by atoms with Crippen molar-refractivity contribution in [3.8, 4) is 5.75 Å². The number of carbonyl (C=O) groups excluding carboxylic acids is 1. The molecule has 7 heteroatoms. The fourth-order valence-electron chi connectivity index (χ4n) is 2.57. The first kappa shape index (κ1) is 18.1. The average molecular weight is 364 g/mol. The zero-order valence-electron chi connectivity index (χ0n) is 14.1. The van der Waals surface area contributed by atoms with Gasteiger partial charge in [0.15, 0.2) is 0 Å². The van der Waals surface area contributed by atoms with Gasteiger partial charge in [0, 0.05) is 23.3 Å². The van der Waals surface area contributed by atoms with Crippen molar-refractivity contribution in [2.24, 2.45) is 5.92 Å². The maximum Gasteiger partial charge on any atom is 0.573 e. The molecule has 0 bridgehead atoms. The number of ether oxygens (including phenoxy) is 1. The largest absolute Gasteiger partial charge is 0.573 e. The molecular formula is C19H19F3N2O2. The third-order valence-electron chi connectivity index (χ3n) is 4.08. The topological polar surface area (TPSA) is 50.4 Å². The normalized spacial score (nSPS) is 15.2. The second kappa shape index (κ2) is 7.27. The highest BCUT2D eigenvalue weighted by Crippen LogP contribution is 2.31. The van der Waals surface area contributed by atoms with Crippen LogP contribution in [0.5, 0.6) is 5.75 Å². The number of nitrogens with one attached hydrogen (secondary N) is 2. The Morgan fingerprint density at radius 1 is 1.12 bits per heavy atom. The summed E-state index contributed by atoms with van der Waals surface area (Å²) in [6.07, 6.45) is -2.82. The van der Waals surface area contributed by atoms with Crippen LogP contribution in [0.3, 0.4) is 0 Å². The predicted molar refractivity (Wildman–Crippen MR) is 93.0 cm³/mol. The number of carbonyl (C=O) groups is 1. The summed E-state index contributed by atoms with van der Waals surface area (Å²) in [5, 5.41) is 6.15. The van der Waals surface area contributed by atoms with Crippen molar-refractivity contribution in [3.05, 3.63) is 54.1 Å². The molecule has 2 N–H and O–H groups in total. The van der Waals surface area contributed by atoms with Crippen molar-refractivity contribution in [3.63, 3.8) is 0 Å². The molecule has 3 rings (SSSR count). The third kappa shape index (κ3) is 5.15. The summed E-state index contributed by atoms with van der Waals surface area (Å²) in [4.78, 5) is 11.8. The molecule has 138 valence electrons. The van der Waals surface area contributed by atoms with Crippen LogP contribution in [0, 0.1) is 5.92 Å². The molecule has 1 atom stereocenters. The van der Waals surface area contributed by atoms with Gasteiger partial charge in [-0.25, -0.2) is 0 Å². The highest BCUT2D eigenvalue weighted by molar-refractivity contribution is 5.94. The van der Waals surface area contributed by atoms with Crippen molar-refractivity contribution >= 4 is 17.3 Å². The van der Waals surface area contributed by atoms with E-state index in [-0.39, 0.29) is 23.6 Å². The Morgan fingerprint density at radius 3 is 2.38 bits per heavy atom. The van der Waals surface area contributed by atoms with E-state index in [9.17, 15) is 18.0 Å². The van der Waals surface area contributed by atoms with E-state index in [2.05, 4.69) is 15.4 Å². The first-order chi connectivity index (χ1) is 12.3. The van der Waals surface area contributed by atoms with Gasteiger partial charge >= 0.3 is 6.36 Å². The van der Waals surface area contributed by atoms with Crippen LogP contribution in [-0.2, 0) is 4.79 Å². The van der Waals surface area contributed by atoms with Gasteiger partial charge in [-0.05, 0) is 55.7 Å². The Morgan fingerprint density at radius 2 is 1.77 bits per heavy atom. The number of hydrogen-bond donors (Lipinski definition) is 2. The lowest BCUT2D eigenvalue weighted by Gasteiger charge is -2.17. The number of benzene rings is 2. The van der Waals surface area contributed by atoms with Crippen LogP contribution in [0.4, 0.5) is 24.5 Å². The van der Waals surface area contributed by atoms with Gasteiger partial charge in [-0.15, -0.1) is 13.2 Å². The van der Waals surface area contributed by atoms with Crippen LogP contribution in [0.2, 0.25) is 0 Å². The zero-order valence-corrected chi connectivity index (χ0v) is 14.1. The molecule has 0 spiro atoms. The van der Waals surface area contributed by atoms with Gasteiger partial charge in [0.05, 0.1) is 0 Å². The summed E-state index contributed by atoms with van der Waals surface area (Å²) < 4.78 is 40.5. The van der Waals surface area contributed by atoms with E-state index < -0.39 is 6.36 Å². The third-order valence-corrected chi connectivity index (χ3v) is 4.08.